The molecule has 0 aliphatic carbocycles. The van der Waals surface area contributed by atoms with Gasteiger partial charge >= 0.3 is 0 Å². The molecular weight excluding hydrogens is 278 g/mol. The number of imidazole rings is 1. The Kier molecular flexibility index (Phi) is 3.66. The summed E-state index contributed by atoms with van der Waals surface area (Å²) >= 11 is 0. The van der Waals surface area contributed by atoms with Crippen molar-refractivity contribution in [2.24, 2.45) is 7.05 Å². The summed E-state index contributed by atoms with van der Waals surface area (Å²) in [5, 5.41) is 3.10. The summed E-state index contributed by atoms with van der Waals surface area (Å²) in [6.45, 7) is 4.80. The van der Waals surface area contributed by atoms with E-state index in [0.29, 0.717) is 18.4 Å². The van der Waals surface area contributed by atoms with E-state index in [1.165, 1.54) is 4.57 Å². The number of rotatable bonds is 4. The first kappa shape index (κ1) is 14.3. The fourth-order valence-electron chi connectivity index (χ4n) is 2.40. The van der Waals surface area contributed by atoms with Crippen LogP contribution in [0, 0.1) is 0 Å². The van der Waals surface area contributed by atoms with Crippen molar-refractivity contribution in [2.75, 3.05) is 5.32 Å². The molecular formula is C16H19N5O. The summed E-state index contributed by atoms with van der Waals surface area (Å²) in [7, 11) is 1.71. The molecule has 3 aromatic rings. The number of nitrogens with one attached hydrogen (secondary N) is 1. The maximum atomic E-state index is 11.9. The Morgan fingerprint density at radius 3 is 2.86 bits per heavy atom. The number of hydrogen-bond donors (Lipinski definition) is 1. The topological polar surface area (TPSA) is 64.7 Å². The molecule has 0 bridgehead atoms. The minimum Gasteiger partial charge on any atom is -0.361 e. The molecule has 2 aromatic heterocycles. The average molecular weight is 297 g/mol. The standard InChI is InChI=1S/C16H19N5O/c1-11(2)21-10-19-13-5-4-12(8-14(13)21)9-18-15-16(22)20(3)7-6-17-15/h4-8,10-11H,9H2,1-3H3,(H,17,18). The van der Waals surface area contributed by atoms with E-state index in [9.17, 15) is 4.79 Å². The first-order valence-electron chi connectivity index (χ1n) is 7.27. The molecule has 0 saturated carbocycles. The first-order valence-corrected chi connectivity index (χ1v) is 7.27. The minimum absolute atomic E-state index is 0.129. The second-order valence-electron chi connectivity index (χ2n) is 5.61. The van der Waals surface area contributed by atoms with Crippen molar-refractivity contribution in [1.82, 2.24) is 19.1 Å². The van der Waals surface area contributed by atoms with Crippen LogP contribution in [-0.2, 0) is 13.6 Å². The Hall–Kier alpha value is -2.63. The molecule has 1 aromatic carbocycles. The summed E-state index contributed by atoms with van der Waals surface area (Å²) < 4.78 is 3.64. The molecule has 0 spiro atoms. The predicted octanol–water partition coefficient (Wildman–Crippen LogP) is 2.32. The Morgan fingerprint density at radius 2 is 2.09 bits per heavy atom. The van der Waals surface area contributed by atoms with Crippen LogP contribution in [0.3, 0.4) is 0 Å². The highest BCUT2D eigenvalue weighted by molar-refractivity contribution is 5.76. The van der Waals surface area contributed by atoms with Crippen molar-refractivity contribution in [3.8, 4) is 0 Å². The number of aryl methyl sites for hydroxylation is 1. The van der Waals surface area contributed by atoms with Gasteiger partial charge in [-0.15, -0.1) is 0 Å². The SMILES string of the molecule is CC(C)n1cnc2ccc(CNc3nccn(C)c3=O)cc21. The summed E-state index contributed by atoms with van der Waals surface area (Å²) in [4.78, 5) is 20.4. The van der Waals surface area contributed by atoms with E-state index in [4.69, 9.17) is 0 Å². The van der Waals surface area contributed by atoms with E-state index < -0.39 is 0 Å². The van der Waals surface area contributed by atoms with Gasteiger partial charge in [0, 0.05) is 32.0 Å². The molecule has 0 atom stereocenters. The van der Waals surface area contributed by atoms with Gasteiger partial charge in [-0.25, -0.2) is 9.97 Å². The van der Waals surface area contributed by atoms with Crippen molar-refractivity contribution in [3.05, 3.63) is 52.8 Å². The normalized spacial score (nSPS) is 11.3. The largest absolute Gasteiger partial charge is 0.361 e. The second kappa shape index (κ2) is 5.63. The fourth-order valence-corrected chi connectivity index (χ4v) is 2.40. The van der Waals surface area contributed by atoms with Crippen LogP contribution in [0.2, 0.25) is 0 Å². The van der Waals surface area contributed by atoms with Gasteiger partial charge in [-0.3, -0.25) is 4.79 Å². The highest BCUT2D eigenvalue weighted by atomic mass is 16.1. The molecule has 0 amide bonds. The molecule has 0 fully saturated rings. The molecule has 0 saturated heterocycles. The van der Waals surface area contributed by atoms with E-state index in [-0.39, 0.29) is 5.56 Å². The molecule has 22 heavy (non-hydrogen) atoms. The van der Waals surface area contributed by atoms with Crippen LogP contribution < -0.4 is 10.9 Å². The van der Waals surface area contributed by atoms with Crippen molar-refractivity contribution in [1.29, 1.82) is 0 Å². The number of fused-ring (bicyclic) bond motifs is 1. The quantitative estimate of drug-likeness (QED) is 0.802. The molecule has 2 heterocycles. The zero-order chi connectivity index (χ0) is 15.7. The van der Waals surface area contributed by atoms with Gasteiger partial charge in [0.2, 0.25) is 0 Å². The lowest BCUT2D eigenvalue weighted by molar-refractivity contribution is 0.617. The Bertz CT molecular complexity index is 862. The van der Waals surface area contributed by atoms with Gasteiger partial charge in [-0.05, 0) is 31.5 Å². The summed E-state index contributed by atoms with van der Waals surface area (Å²) in [6.07, 6.45) is 5.11. The lowest BCUT2D eigenvalue weighted by atomic mass is 10.2. The van der Waals surface area contributed by atoms with Gasteiger partial charge in [0.25, 0.3) is 5.56 Å². The van der Waals surface area contributed by atoms with Crippen LogP contribution in [0.5, 0.6) is 0 Å². The predicted molar refractivity (Wildman–Crippen MR) is 86.9 cm³/mol. The lowest BCUT2D eigenvalue weighted by Crippen LogP contribution is -2.21. The zero-order valence-electron chi connectivity index (χ0n) is 12.9. The molecule has 0 unspecified atom stereocenters. The van der Waals surface area contributed by atoms with Crippen LogP contribution in [-0.4, -0.2) is 19.1 Å². The van der Waals surface area contributed by atoms with Crippen molar-refractivity contribution in [2.45, 2.75) is 26.4 Å². The Balaban J connectivity index is 1.86. The number of nitrogens with zero attached hydrogens (tertiary/aromatic N) is 4. The number of aromatic nitrogens is 4. The van der Waals surface area contributed by atoms with Gasteiger partial charge in [-0.2, -0.15) is 0 Å². The van der Waals surface area contributed by atoms with Gasteiger partial charge in [0.1, 0.15) is 0 Å². The summed E-state index contributed by atoms with van der Waals surface area (Å²) in [5.41, 5.74) is 3.04. The molecule has 0 aliphatic rings. The monoisotopic (exact) mass is 297 g/mol. The second-order valence-corrected chi connectivity index (χ2v) is 5.61. The van der Waals surface area contributed by atoms with Gasteiger partial charge in [0.15, 0.2) is 5.82 Å². The van der Waals surface area contributed by atoms with Crippen LogP contribution in [0.25, 0.3) is 11.0 Å². The van der Waals surface area contributed by atoms with Gasteiger partial charge in [-0.1, -0.05) is 6.07 Å². The molecule has 6 heteroatoms. The van der Waals surface area contributed by atoms with E-state index >= 15 is 0 Å². The number of benzene rings is 1. The number of anilines is 1. The molecule has 3 rings (SSSR count). The molecule has 114 valence electrons. The molecule has 0 radical (unpaired) electrons. The van der Waals surface area contributed by atoms with Crippen molar-refractivity contribution in [3.63, 3.8) is 0 Å². The van der Waals surface area contributed by atoms with Crippen molar-refractivity contribution >= 4 is 16.9 Å². The lowest BCUT2D eigenvalue weighted by Gasteiger charge is -2.10. The van der Waals surface area contributed by atoms with Crippen molar-refractivity contribution < 1.29 is 0 Å². The maximum absolute atomic E-state index is 11.9. The highest BCUT2D eigenvalue weighted by Gasteiger charge is 2.07. The third-order valence-electron chi connectivity index (χ3n) is 3.67. The highest BCUT2D eigenvalue weighted by Crippen LogP contribution is 2.19. The van der Waals surface area contributed by atoms with Crippen LogP contribution in [0.15, 0.2) is 41.7 Å². The van der Waals surface area contributed by atoms with E-state index in [2.05, 4.69) is 39.8 Å². The van der Waals surface area contributed by atoms with Crippen LogP contribution >= 0.6 is 0 Å². The number of hydrogen-bond acceptors (Lipinski definition) is 4. The Morgan fingerprint density at radius 1 is 1.27 bits per heavy atom. The zero-order valence-corrected chi connectivity index (χ0v) is 12.9. The fraction of sp³-hybridized carbons (Fsp3) is 0.312. The molecule has 6 nitrogen and oxygen atoms in total. The van der Waals surface area contributed by atoms with E-state index in [1.54, 1.807) is 19.4 Å². The maximum Gasteiger partial charge on any atom is 0.293 e. The Labute approximate surface area is 128 Å². The first-order chi connectivity index (χ1) is 10.6. The third kappa shape index (κ3) is 2.59. The smallest absolute Gasteiger partial charge is 0.293 e. The summed E-state index contributed by atoms with van der Waals surface area (Å²) in [6, 6.07) is 6.47. The van der Waals surface area contributed by atoms with E-state index in [0.717, 1.165) is 16.6 Å². The average Bonchev–Trinajstić information content (AvgIpc) is 2.92. The van der Waals surface area contributed by atoms with Crippen LogP contribution in [0.4, 0.5) is 5.82 Å². The van der Waals surface area contributed by atoms with Gasteiger partial charge < -0.3 is 14.5 Å². The van der Waals surface area contributed by atoms with Crippen LogP contribution in [0.1, 0.15) is 25.5 Å². The van der Waals surface area contributed by atoms with E-state index in [1.807, 2.05) is 18.5 Å². The summed E-state index contributed by atoms with van der Waals surface area (Å²) in [5.74, 6) is 0.363. The molecule has 0 aliphatic heterocycles. The third-order valence-corrected chi connectivity index (χ3v) is 3.67. The van der Waals surface area contributed by atoms with Gasteiger partial charge in [0.05, 0.1) is 17.4 Å². The molecule has 1 N–H and O–H groups in total. The minimum atomic E-state index is -0.129.